The Morgan fingerprint density at radius 2 is 1.85 bits per heavy atom. The van der Waals surface area contributed by atoms with Gasteiger partial charge >= 0.3 is 0 Å². The topological polar surface area (TPSA) is 39.7 Å². The van der Waals surface area contributed by atoms with Crippen molar-refractivity contribution < 1.29 is 14.3 Å². The Morgan fingerprint density at radius 3 is 2.45 bits per heavy atom. The second-order valence-corrected chi connectivity index (χ2v) is 5.22. The van der Waals surface area contributed by atoms with E-state index in [2.05, 4.69) is 18.5 Å². The van der Waals surface area contributed by atoms with Gasteiger partial charge in [-0.3, -0.25) is 4.84 Å². The van der Waals surface area contributed by atoms with Crippen LogP contribution in [-0.2, 0) is 4.84 Å². The second-order valence-electron chi connectivity index (χ2n) is 5.22. The summed E-state index contributed by atoms with van der Waals surface area (Å²) >= 11 is 0. The number of rotatable bonds is 7. The first-order valence-corrected chi connectivity index (χ1v) is 7.41. The molecule has 1 unspecified atom stereocenters. The molecule has 0 aliphatic heterocycles. The van der Waals surface area contributed by atoms with E-state index >= 15 is 0 Å². The third-order valence-electron chi connectivity index (χ3n) is 3.90. The Labute approximate surface area is 121 Å². The molecule has 0 spiro atoms. The summed E-state index contributed by atoms with van der Waals surface area (Å²) in [5.41, 5.74) is 4.38. The normalized spacial score (nSPS) is 17.1. The second kappa shape index (κ2) is 7.50. The minimum Gasteiger partial charge on any atom is -0.493 e. The molecule has 0 amide bonds. The highest BCUT2D eigenvalue weighted by molar-refractivity contribution is 5.43. The molecule has 1 aromatic carbocycles. The van der Waals surface area contributed by atoms with Crippen molar-refractivity contribution in [3.8, 4) is 11.5 Å². The van der Waals surface area contributed by atoms with Crippen molar-refractivity contribution in [2.75, 3.05) is 14.2 Å². The first-order valence-electron chi connectivity index (χ1n) is 7.41. The summed E-state index contributed by atoms with van der Waals surface area (Å²) in [5.74, 6) is 1.51. The summed E-state index contributed by atoms with van der Waals surface area (Å²) < 4.78 is 10.6. The molecule has 0 radical (unpaired) electrons. The van der Waals surface area contributed by atoms with Crippen molar-refractivity contribution in [3.05, 3.63) is 23.8 Å². The van der Waals surface area contributed by atoms with Gasteiger partial charge in [0.2, 0.25) is 0 Å². The molecule has 4 nitrogen and oxygen atoms in total. The van der Waals surface area contributed by atoms with Crippen LogP contribution in [0.2, 0.25) is 0 Å². The Hall–Kier alpha value is -1.26. The van der Waals surface area contributed by atoms with Crippen LogP contribution in [-0.4, -0.2) is 20.3 Å². The predicted molar refractivity (Wildman–Crippen MR) is 79.1 cm³/mol. The Bertz CT molecular complexity index is 416. The van der Waals surface area contributed by atoms with Gasteiger partial charge in [0.1, 0.15) is 0 Å². The number of hydrogen-bond acceptors (Lipinski definition) is 4. The first kappa shape index (κ1) is 15.1. The highest BCUT2D eigenvalue weighted by atomic mass is 16.7. The van der Waals surface area contributed by atoms with E-state index in [1.807, 2.05) is 12.1 Å². The van der Waals surface area contributed by atoms with Crippen molar-refractivity contribution in [3.63, 3.8) is 0 Å². The molecule has 2 rings (SSSR count). The summed E-state index contributed by atoms with van der Waals surface area (Å²) in [6.07, 6.45) is 6.20. The monoisotopic (exact) mass is 279 g/mol. The van der Waals surface area contributed by atoms with Crippen LogP contribution in [0.5, 0.6) is 11.5 Å². The molecule has 1 aromatic rings. The number of methoxy groups -OCH3 is 2. The van der Waals surface area contributed by atoms with Crippen LogP contribution in [0.1, 0.15) is 50.6 Å². The molecule has 0 heterocycles. The van der Waals surface area contributed by atoms with E-state index in [0.717, 1.165) is 36.3 Å². The van der Waals surface area contributed by atoms with Crippen LogP contribution in [0.25, 0.3) is 0 Å². The van der Waals surface area contributed by atoms with Gasteiger partial charge in [-0.2, -0.15) is 5.48 Å². The van der Waals surface area contributed by atoms with Gasteiger partial charge in [-0.25, -0.2) is 0 Å². The van der Waals surface area contributed by atoms with Crippen molar-refractivity contribution in [2.24, 2.45) is 0 Å². The molecule has 0 saturated heterocycles. The Balaban J connectivity index is 2.02. The summed E-state index contributed by atoms with van der Waals surface area (Å²) in [6.45, 7) is 2.15. The van der Waals surface area contributed by atoms with Gasteiger partial charge in [-0.15, -0.1) is 0 Å². The minimum absolute atomic E-state index is 0.176. The summed E-state index contributed by atoms with van der Waals surface area (Å²) in [6, 6.07) is 6.18. The quantitative estimate of drug-likeness (QED) is 0.774. The van der Waals surface area contributed by atoms with Crippen LogP contribution < -0.4 is 15.0 Å². The van der Waals surface area contributed by atoms with Crippen LogP contribution in [0.3, 0.4) is 0 Å². The van der Waals surface area contributed by atoms with Gasteiger partial charge in [0.05, 0.1) is 26.4 Å². The molecule has 1 aliphatic carbocycles. The largest absolute Gasteiger partial charge is 0.493 e. The fourth-order valence-electron chi connectivity index (χ4n) is 2.64. The molecule has 1 aliphatic rings. The lowest BCUT2D eigenvalue weighted by Gasteiger charge is -2.21. The third kappa shape index (κ3) is 3.64. The van der Waals surface area contributed by atoms with Crippen molar-refractivity contribution in [2.45, 2.75) is 51.2 Å². The van der Waals surface area contributed by atoms with E-state index in [-0.39, 0.29) is 6.04 Å². The number of hydroxylamine groups is 1. The maximum absolute atomic E-state index is 5.82. The lowest BCUT2D eigenvalue weighted by Crippen LogP contribution is -2.26. The fraction of sp³-hybridized carbons (Fsp3) is 0.625. The molecule has 4 heteroatoms. The zero-order chi connectivity index (χ0) is 14.4. The lowest BCUT2D eigenvalue weighted by atomic mass is 10.0. The lowest BCUT2D eigenvalue weighted by molar-refractivity contribution is -0.0415. The van der Waals surface area contributed by atoms with Crippen LogP contribution >= 0.6 is 0 Å². The standard InChI is InChI=1S/C16H25NO3/c1-4-14(17-20-13-7-5-6-8-13)12-9-10-15(18-2)16(11-12)19-3/h9-11,13-14,17H,4-8H2,1-3H3. The number of benzene rings is 1. The van der Waals surface area contributed by atoms with E-state index in [9.17, 15) is 0 Å². The number of ether oxygens (including phenoxy) is 2. The van der Waals surface area contributed by atoms with Crippen molar-refractivity contribution in [1.29, 1.82) is 0 Å². The SMILES string of the molecule is CCC(NOC1CCCC1)c1ccc(OC)c(OC)c1. The van der Waals surface area contributed by atoms with Crippen LogP contribution in [0, 0.1) is 0 Å². The van der Waals surface area contributed by atoms with E-state index in [1.54, 1.807) is 14.2 Å². The van der Waals surface area contributed by atoms with E-state index < -0.39 is 0 Å². The van der Waals surface area contributed by atoms with Gasteiger partial charge in [-0.1, -0.05) is 25.8 Å². The maximum Gasteiger partial charge on any atom is 0.161 e. The Kier molecular flexibility index (Phi) is 5.68. The summed E-state index contributed by atoms with van der Waals surface area (Å²) in [7, 11) is 3.31. The van der Waals surface area contributed by atoms with Crippen molar-refractivity contribution in [1.82, 2.24) is 5.48 Å². The molecular formula is C16H25NO3. The zero-order valence-electron chi connectivity index (χ0n) is 12.6. The summed E-state index contributed by atoms with van der Waals surface area (Å²) in [5, 5.41) is 0. The van der Waals surface area contributed by atoms with E-state index in [1.165, 1.54) is 12.8 Å². The molecule has 1 fully saturated rings. The maximum atomic E-state index is 5.82. The van der Waals surface area contributed by atoms with Gasteiger partial charge in [0.15, 0.2) is 11.5 Å². The molecule has 1 atom stereocenters. The van der Waals surface area contributed by atoms with Crippen molar-refractivity contribution >= 4 is 0 Å². The molecule has 112 valence electrons. The van der Waals surface area contributed by atoms with E-state index in [4.69, 9.17) is 14.3 Å². The average molecular weight is 279 g/mol. The van der Waals surface area contributed by atoms with E-state index in [0.29, 0.717) is 6.10 Å². The number of nitrogens with one attached hydrogen (secondary N) is 1. The van der Waals surface area contributed by atoms with Crippen LogP contribution in [0.15, 0.2) is 18.2 Å². The van der Waals surface area contributed by atoms with Gasteiger partial charge in [0, 0.05) is 0 Å². The highest BCUT2D eigenvalue weighted by Gasteiger charge is 2.18. The molecule has 0 aromatic heterocycles. The average Bonchev–Trinajstić information content (AvgIpc) is 3.01. The third-order valence-corrected chi connectivity index (χ3v) is 3.90. The molecule has 20 heavy (non-hydrogen) atoms. The zero-order valence-corrected chi connectivity index (χ0v) is 12.6. The molecule has 1 saturated carbocycles. The fourth-order valence-corrected chi connectivity index (χ4v) is 2.64. The predicted octanol–water partition coefficient (Wildman–Crippen LogP) is 3.62. The highest BCUT2D eigenvalue weighted by Crippen LogP contribution is 2.31. The van der Waals surface area contributed by atoms with Gasteiger partial charge in [0.25, 0.3) is 0 Å². The number of hydrogen-bond donors (Lipinski definition) is 1. The molecular weight excluding hydrogens is 254 g/mol. The first-order chi connectivity index (χ1) is 9.78. The Morgan fingerprint density at radius 1 is 1.15 bits per heavy atom. The van der Waals surface area contributed by atoms with Gasteiger partial charge < -0.3 is 9.47 Å². The minimum atomic E-state index is 0.176. The van der Waals surface area contributed by atoms with Crippen LogP contribution in [0.4, 0.5) is 0 Å². The summed E-state index contributed by atoms with van der Waals surface area (Å²) in [4.78, 5) is 5.82. The molecule has 1 N–H and O–H groups in total. The molecule has 0 bridgehead atoms. The van der Waals surface area contributed by atoms with Gasteiger partial charge in [-0.05, 0) is 37.0 Å². The smallest absolute Gasteiger partial charge is 0.161 e.